The molecule has 1 rings (SSSR count). The number of carbonyl (C=O) groups is 1. The highest BCUT2D eigenvalue weighted by Gasteiger charge is 2.04. The molecule has 0 saturated carbocycles. The van der Waals surface area contributed by atoms with E-state index < -0.39 is 0 Å². The van der Waals surface area contributed by atoms with Crippen LogP contribution in [0.5, 0.6) is 0 Å². The first-order valence-corrected chi connectivity index (χ1v) is 5.90. The summed E-state index contributed by atoms with van der Waals surface area (Å²) in [7, 11) is 0. The molecular formula is C12H17N3OS. The first-order chi connectivity index (χ1) is 8.02. The number of nitrogens with one attached hydrogen (secondary N) is 2. The summed E-state index contributed by atoms with van der Waals surface area (Å²) < 4.78 is 0. The lowest BCUT2D eigenvalue weighted by molar-refractivity contribution is -0.116. The van der Waals surface area contributed by atoms with Crippen molar-refractivity contribution in [3.8, 4) is 0 Å². The van der Waals surface area contributed by atoms with Gasteiger partial charge in [-0.3, -0.25) is 4.79 Å². The second-order valence-corrected chi connectivity index (χ2v) is 4.26. The third-order valence-electron chi connectivity index (χ3n) is 2.25. The molecule has 0 aliphatic heterocycles. The summed E-state index contributed by atoms with van der Waals surface area (Å²) in [5.74, 6) is 0.0330. The minimum absolute atomic E-state index is 0.0330. The molecule has 0 aliphatic rings. The largest absolute Gasteiger partial charge is 0.376 e. The molecule has 0 spiro atoms. The molecule has 0 aliphatic carbocycles. The highest BCUT2D eigenvalue weighted by atomic mass is 32.1. The molecule has 92 valence electrons. The van der Waals surface area contributed by atoms with Crippen LogP contribution < -0.4 is 16.4 Å². The van der Waals surface area contributed by atoms with E-state index in [9.17, 15) is 4.79 Å². The molecule has 0 saturated heterocycles. The molecule has 0 unspecified atom stereocenters. The molecule has 1 amide bonds. The first-order valence-electron chi connectivity index (χ1n) is 5.50. The minimum atomic E-state index is 0.0330. The van der Waals surface area contributed by atoms with E-state index in [-0.39, 0.29) is 11.0 Å². The van der Waals surface area contributed by atoms with Crippen molar-refractivity contribution in [1.82, 2.24) is 0 Å². The number of amides is 1. The quantitative estimate of drug-likeness (QED) is 0.719. The Kier molecular flexibility index (Phi) is 4.90. The van der Waals surface area contributed by atoms with Crippen molar-refractivity contribution in [2.24, 2.45) is 5.73 Å². The highest BCUT2D eigenvalue weighted by molar-refractivity contribution is 7.80. The van der Waals surface area contributed by atoms with Crippen molar-refractivity contribution in [3.63, 3.8) is 0 Å². The summed E-state index contributed by atoms with van der Waals surface area (Å²) in [6.07, 6.45) is 1.37. The molecule has 0 fully saturated rings. The van der Waals surface area contributed by atoms with E-state index in [1.807, 2.05) is 32.0 Å². The molecule has 5 heteroatoms. The van der Waals surface area contributed by atoms with Crippen LogP contribution in [0, 0.1) is 6.92 Å². The summed E-state index contributed by atoms with van der Waals surface area (Å²) in [5.41, 5.74) is 7.99. The number of anilines is 2. The van der Waals surface area contributed by atoms with Crippen molar-refractivity contribution >= 4 is 34.6 Å². The number of thiocarbonyl (C=S) groups is 1. The topological polar surface area (TPSA) is 67.2 Å². The third-order valence-corrected chi connectivity index (χ3v) is 2.35. The molecule has 1 aromatic rings. The van der Waals surface area contributed by atoms with Gasteiger partial charge in [0.1, 0.15) is 0 Å². The van der Waals surface area contributed by atoms with Crippen LogP contribution in [0.25, 0.3) is 0 Å². The van der Waals surface area contributed by atoms with Gasteiger partial charge in [-0.1, -0.05) is 6.92 Å². The zero-order valence-electron chi connectivity index (χ0n) is 10.0. The maximum atomic E-state index is 11.5. The van der Waals surface area contributed by atoms with E-state index in [1.54, 1.807) is 0 Å². The number of rotatable bonds is 4. The van der Waals surface area contributed by atoms with Gasteiger partial charge in [0.25, 0.3) is 0 Å². The summed E-state index contributed by atoms with van der Waals surface area (Å²) in [6.45, 7) is 3.90. The van der Waals surface area contributed by atoms with Gasteiger partial charge in [0, 0.05) is 17.8 Å². The lowest BCUT2D eigenvalue weighted by Gasteiger charge is -2.10. The van der Waals surface area contributed by atoms with Crippen molar-refractivity contribution in [1.29, 1.82) is 0 Å². The van der Waals surface area contributed by atoms with Gasteiger partial charge >= 0.3 is 0 Å². The molecular weight excluding hydrogens is 234 g/mol. The predicted octanol–water partition coefficient (Wildman–Crippen LogP) is 2.39. The van der Waals surface area contributed by atoms with Crippen LogP contribution in [0.15, 0.2) is 18.2 Å². The molecule has 0 heterocycles. The fourth-order valence-corrected chi connectivity index (χ4v) is 1.58. The Hall–Kier alpha value is -1.62. The second kappa shape index (κ2) is 6.20. The number of nitrogens with two attached hydrogens (primary N) is 1. The Balaban J connectivity index is 2.75. The maximum absolute atomic E-state index is 11.5. The summed E-state index contributed by atoms with van der Waals surface area (Å²) in [4.78, 5) is 11.5. The standard InChI is InChI=1S/C12H17N3OS/c1-3-4-11(16)15-10-6-5-9(7-8(10)2)14-12(13)17/h5-7H,3-4H2,1-2H3,(H,15,16)(H3,13,14,17). The molecule has 0 bridgehead atoms. The van der Waals surface area contributed by atoms with Crippen LogP contribution in [-0.2, 0) is 4.79 Å². The summed E-state index contributed by atoms with van der Waals surface area (Å²) in [5, 5.41) is 5.94. The van der Waals surface area contributed by atoms with Gasteiger partial charge in [0.05, 0.1) is 0 Å². The highest BCUT2D eigenvalue weighted by Crippen LogP contribution is 2.19. The van der Waals surface area contributed by atoms with Gasteiger partial charge in [0.2, 0.25) is 5.91 Å². The van der Waals surface area contributed by atoms with Crippen LogP contribution in [-0.4, -0.2) is 11.0 Å². The SMILES string of the molecule is CCCC(=O)Nc1ccc(NC(N)=S)cc1C. The van der Waals surface area contributed by atoms with Crippen LogP contribution in [0.1, 0.15) is 25.3 Å². The lowest BCUT2D eigenvalue weighted by atomic mass is 10.1. The van der Waals surface area contributed by atoms with E-state index >= 15 is 0 Å². The van der Waals surface area contributed by atoms with E-state index in [0.717, 1.165) is 23.4 Å². The summed E-state index contributed by atoms with van der Waals surface area (Å²) in [6, 6.07) is 5.55. The molecule has 0 atom stereocenters. The fraction of sp³-hybridized carbons (Fsp3) is 0.333. The van der Waals surface area contributed by atoms with E-state index in [4.69, 9.17) is 18.0 Å². The number of aryl methyl sites for hydroxylation is 1. The molecule has 1 aromatic carbocycles. The van der Waals surface area contributed by atoms with Crippen molar-refractivity contribution < 1.29 is 4.79 Å². The van der Waals surface area contributed by atoms with E-state index in [1.165, 1.54) is 0 Å². The molecule has 4 N–H and O–H groups in total. The monoisotopic (exact) mass is 251 g/mol. The van der Waals surface area contributed by atoms with Gasteiger partial charge in [-0.25, -0.2) is 0 Å². The molecule has 17 heavy (non-hydrogen) atoms. The van der Waals surface area contributed by atoms with E-state index in [0.29, 0.717) is 6.42 Å². The molecule has 4 nitrogen and oxygen atoms in total. The van der Waals surface area contributed by atoms with Crippen LogP contribution >= 0.6 is 12.2 Å². The Labute approximate surface area is 107 Å². The maximum Gasteiger partial charge on any atom is 0.224 e. The fourth-order valence-electron chi connectivity index (χ4n) is 1.46. The third kappa shape index (κ3) is 4.40. The van der Waals surface area contributed by atoms with Gasteiger partial charge in [-0.15, -0.1) is 0 Å². The normalized spacial score (nSPS) is 9.76. The first kappa shape index (κ1) is 13.4. The van der Waals surface area contributed by atoms with Gasteiger partial charge < -0.3 is 16.4 Å². The number of benzene rings is 1. The lowest BCUT2D eigenvalue weighted by Crippen LogP contribution is -2.19. The van der Waals surface area contributed by atoms with Crippen molar-refractivity contribution in [2.75, 3.05) is 10.6 Å². The van der Waals surface area contributed by atoms with Gasteiger partial charge in [-0.2, -0.15) is 0 Å². The van der Waals surface area contributed by atoms with Crippen molar-refractivity contribution in [2.45, 2.75) is 26.7 Å². The van der Waals surface area contributed by atoms with Gasteiger partial charge in [-0.05, 0) is 49.3 Å². The van der Waals surface area contributed by atoms with Crippen molar-refractivity contribution in [3.05, 3.63) is 23.8 Å². The average molecular weight is 251 g/mol. The van der Waals surface area contributed by atoms with Crippen LogP contribution in [0.3, 0.4) is 0 Å². The number of carbonyl (C=O) groups excluding carboxylic acids is 1. The Bertz CT molecular complexity index is 432. The minimum Gasteiger partial charge on any atom is -0.376 e. The Morgan fingerprint density at radius 2 is 2.12 bits per heavy atom. The smallest absolute Gasteiger partial charge is 0.224 e. The molecule has 0 radical (unpaired) electrons. The zero-order chi connectivity index (χ0) is 12.8. The van der Waals surface area contributed by atoms with Crippen LogP contribution in [0.4, 0.5) is 11.4 Å². The Morgan fingerprint density at radius 1 is 1.41 bits per heavy atom. The zero-order valence-corrected chi connectivity index (χ0v) is 10.9. The molecule has 0 aromatic heterocycles. The number of hydrogen-bond acceptors (Lipinski definition) is 2. The Morgan fingerprint density at radius 3 is 2.65 bits per heavy atom. The summed E-state index contributed by atoms with van der Waals surface area (Å²) >= 11 is 4.76. The average Bonchev–Trinajstić information content (AvgIpc) is 2.21. The predicted molar refractivity (Wildman–Crippen MR) is 75.1 cm³/mol. The number of hydrogen-bond donors (Lipinski definition) is 3. The van der Waals surface area contributed by atoms with E-state index in [2.05, 4.69) is 10.6 Å². The van der Waals surface area contributed by atoms with Crippen LogP contribution in [0.2, 0.25) is 0 Å². The second-order valence-electron chi connectivity index (χ2n) is 3.82. The van der Waals surface area contributed by atoms with Gasteiger partial charge in [0.15, 0.2) is 5.11 Å².